The molecular weight excluding hydrogens is 202 g/mol. The predicted molar refractivity (Wildman–Crippen MR) is 63.0 cm³/mol. The first kappa shape index (κ1) is 12.4. The van der Waals surface area contributed by atoms with Gasteiger partial charge >= 0.3 is 0 Å². The van der Waals surface area contributed by atoms with Gasteiger partial charge in [-0.25, -0.2) is 0 Å². The van der Waals surface area contributed by atoms with Crippen LogP contribution in [0.5, 0.6) is 0 Å². The Morgan fingerprint density at radius 1 is 1.44 bits per heavy atom. The lowest BCUT2D eigenvalue weighted by atomic mass is 10.2. The van der Waals surface area contributed by atoms with Crippen LogP contribution >= 0.6 is 0 Å². The molecule has 0 unspecified atom stereocenters. The van der Waals surface area contributed by atoms with Crippen LogP contribution in [0.3, 0.4) is 0 Å². The van der Waals surface area contributed by atoms with Gasteiger partial charge in [-0.1, -0.05) is 0 Å². The fourth-order valence-corrected chi connectivity index (χ4v) is 1.31. The van der Waals surface area contributed by atoms with Crippen LogP contribution in [0, 0.1) is 11.3 Å². The van der Waals surface area contributed by atoms with Crippen molar-refractivity contribution < 1.29 is 0 Å². The van der Waals surface area contributed by atoms with Gasteiger partial charge in [0.05, 0.1) is 11.8 Å². The van der Waals surface area contributed by atoms with Crippen LogP contribution in [0.4, 0.5) is 5.82 Å². The minimum Gasteiger partial charge on any atom is -0.367 e. The highest BCUT2D eigenvalue weighted by atomic mass is 15.2. The topological polar surface area (TPSA) is 64.8 Å². The number of nitrogens with one attached hydrogen (secondary N) is 1. The highest BCUT2D eigenvalue weighted by Gasteiger charge is 2.01. The fourth-order valence-electron chi connectivity index (χ4n) is 1.31. The van der Waals surface area contributed by atoms with E-state index in [9.17, 15) is 0 Å². The van der Waals surface area contributed by atoms with Crippen LogP contribution in [-0.2, 0) is 0 Å². The van der Waals surface area contributed by atoms with Crippen molar-refractivity contribution >= 4 is 5.82 Å². The second kappa shape index (κ2) is 6.75. The minimum absolute atomic E-state index is 0.544. The zero-order chi connectivity index (χ0) is 11.8. The maximum Gasteiger partial charge on any atom is 0.166 e. The number of anilines is 1. The van der Waals surface area contributed by atoms with Crippen molar-refractivity contribution in [3.8, 4) is 6.07 Å². The Balaban J connectivity index is 2.30. The molecule has 0 aromatic carbocycles. The normalized spacial score (nSPS) is 10.1. The lowest BCUT2D eigenvalue weighted by Crippen LogP contribution is -2.14. The summed E-state index contributed by atoms with van der Waals surface area (Å²) in [6.07, 6.45) is 3.71. The van der Waals surface area contributed by atoms with E-state index in [1.165, 1.54) is 6.20 Å². The number of hydrogen-bond donors (Lipinski definition) is 1. The first-order chi connectivity index (χ1) is 7.74. The van der Waals surface area contributed by atoms with Crippen molar-refractivity contribution in [1.29, 1.82) is 5.26 Å². The minimum atomic E-state index is 0.544. The van der Waals surface area contributed by atoms with E-state index in [0.29, 0.717) is 11.4 Å². The summed E-state index contributed by atoms with van der Waals surface area (Å²) in [6.45, 7) is 1.90. The van der Waals surface area contributed by atoms with Crippen LogP contribution in [-0.4, -0.2) is 42.3 Å². The third-order valence-corrected chi connectivity index (χ3v) is 2.17. The largest absolute Gasteiger partial charge is 0.367 e. The van der Waals surface area contributed by atoms with E-state index in [1.54, 1.807) is 6.07 Å². The Morgan fingerprint density at radius 3 is 2.94 bits per heavy atom. The first-order valence-corrected chi connectivity index (χ1v) is 5.34. The molecule has 86 valence electrons. The lowest BCUT2D eigenvalue weighted by molar-refractivity contribution is 0.396. The van der Waals surface area contributed by atoms with Gasteiger partial charge in [0.15, 0.2) is 5.82 Å². The molecule has 1 N–H and O–H groups in total. The molecule has 0 amide bonds. The highest BCUT2D eigenvalue weighted by Crippen LogP contribution is 2.08. The number of nitriles is 1. The number of nitrogens with zero attached hydrogens (tertiary/aromatic N) is 4. The summed E-state index contributed by atoms with van der Waals surface area (Å²) in [5.74, 6) is 0.579. The first-order valence-electron chi connectivity index (χ1n) is 5.34. The Labute approximate surface area is 96.1 Å². The Morgan fingerprint density at radius 2 is 2.25 bits per heavy atom. The molecule has 0 aliphatic heterocycles. The van der Waals surface area contributed by atoms with Gasteiger partial charge in [-0.2, -0.15) is 10.4 Å². The Kier molecular flexibility index (Phi) is 5.23. The summed E-state index contributed by atoms with van der Waals surface area (Å²) in [5.41, 5.74) is 0.544. The Hall–Kier alpha value is -1.67. The summed E-state index contributed by atoms with van der Waals surface area (Å²) in [5, 5.41) is 19.6. The maximum atomic E-state index is 8.83. The molecule has 16 heavy (non-hydrogen) atoms. The van der Waals surface area contributed by atoms with E-state index in [1.807, 2.05) is 0 Å². The van der Waals surface area contributed by atoms with Crippen LogP contribution in [0.25, 0.3) is 0 Å². The summed E-state index contributed by atoms with van der Waals surface area (Å²) in [4.78, 5) is 2.16. The summed E-state index contributed by atoms with van der Waals surface area (Å²) >= 11 is 0. The van der Waals surface area contributed by atoms with Gasteiger partial charge in [-0.3, -0.25) is 0 Å². The van der Waals surface area contributed by atoms with Crippen LogP contribution in [0.15, 0.2) is 12.3 Å². The van der Waals surface area contributed by atoms with Crippen molar-refractivity contribution in [2.24, 2.45) is 0 Å². The third-order valence-electron chi connectivity index (χ3n) is 2.17. The molecule has 0 spiro atoms. The average Bonchev–Trinajstić information content (AvgIpc) is 2.29. The number of hydrogen-bond acceptors (Lipinski definition) is 5. The van der Waals surface area contributed by atoms with E-state index < -0.39 is 0 Å². The third kappa shape index (κ3) is 4.24. The maximum absolute atomic E-state index is 8.83. The molecule has 1 aromatic rings. The van der Waals surface area contributed by atoms with E-state index >= 15 is 0 Å². The van der Waals surface area contributed by atoms with Crippen molar-refractivity contribution in [3.63, 3.8) is 0 Å². The molecule has 0 bridgehead atoms. The van der Waals surface area contributed by atoms with Crippen LogP contribution < -0.4 is 5.32 Å². The number of rotatable bonds is 6. The zero-order valence-corrected chi connectivity index (χ0v) is 9.77. The van der Waals surface area contributed by atoms with Gasteiger partial charge in [-0.15, -0.1) is 5.10 Å². The summed E-state index contributed by atoms with van der Waals surface area (Å²) in [7, 11) is 4.12. The highest BCUT2D eigenvalue weighted by molar-refractivity contribution is 5.49. The van der Waals surface area contributed by atoms with Crippen molar-refractivity contribution in [1.82, 2.24) is 15.1 Å². The molecule has 5 nitrogen and oxygen atoms in total. The molecule has 0 atom stereocenters. The van der Waals surface area contributed by atoms with E-state index in [0.717, 1.165) is 25.9 Å². The molecule has 1 aromatic heterocycles. The molecule has 0 radical (unpaired) electrons. The molecular formula is C11H17N5. The number of aromatic nitrogens is 2. The monoisotopic (exact) mass is 219 g/mol. The van der Waals surface area contributed by atoms with Gasteiger partial charge in [-0.05, 0) is 39.5 Å². The molecule has 0 aliphatic carbocycles. The molecule has 5 heteroatoms. The molecule has 0 fully saturated rings. The average molecular weight is 219 g/mol. The van der Waals surface area contributed by atoms with E-state index in [2.05, 4.69) is 40.6 Å². The molecule has 1 heterocycles. The number of unbranched alkanes of at least 4 members (excludes halogenated alkanes) is 1. The van der Waals surface area contributed by atoms with Gasteiger partial charge in [0, 0.05) is 6.54 Å². The van der Waals surface area contributed by atoms with Crippen molar-refractivity contribution in [2.45, 2.75) is 12.8 Å². The molecule has 0 aliphatic rings. The van der Waals surface area contributed by atoms with Gasteiger partial charge in [0.2, 0.25) is 0 Å². The molecule has 1 rings (SSSR count). The van der Waals surface area contributed by atoms with Crippen molar-refractivity contribution in [3.05, 3.63) is 17.8 Å². The zero-order valence-electron chi connectivity index (χ0n) is 9.77. The van der Waals surface area contributed by atoms with E-state index in [4.69, 9.17) is 5.26 Å². The van der Waals surface area contributed by atoms with Crippen LogP contribution in [0.2, 0.25) is 0 Å². The standard InChI is InChI=1S/C11H17N5/c1-16(2)8-4-3-6-13-11-10(9-12)5-7-14-15-11/h5,7H,3-4,6,8H2,1-2H3,(H,13,15). The summed E-state index contributed by atoms with van der Waals surface area (Å²) in [6, 6.07) is 3.74. The van der Waals surface area contributed by atoms with Crippen LogP contribution in [0.1, 0.15) is 18.4 Å². The quantitative estimate of drug-likeness (QED) is 0.726. The second-order valence-corrected chi connectivity index (χ2v) is 3.84. The second-order valence-electron chi connectivity index (χ2n) is 3.84. The van der Waals surface area contributed by atoms with Gasteiger partial charge in [0.1, 0.15) is 6.07 Å². The van der Waals surface area contributed by atoms with Gasteiger partial charge < -0.3 is 10.2 Å². The SMILES string of the molecule is CN(C)CCCCNc1nnccc1C#N. The molecule has 0 saturated carbocycles. The van der Waals surface area contributed by atoms with E-state index in [-0.39, 0.29) is 0 Å². The fraction of sp³-hybridized carbons (Fsp3) is 0.545. The van der Waals surface area contributed by atoms with Gasteiger partial charge in [0.25, 0.3) is 0 Å². The van der Waals surface area contributed by atoms with Crippen molar-refractivity contribution in [2.75, 3.05) is 32.5 Å². The Bertz CT molecular complexity index is 356. The molecule has 0 saturated heterocycles. The smallest absolute Gasteiger partial charge is 0.166 e. The lowest BCUT2D eigenvalue weighted by Gasteiger charge is -2.09. The predicted octanol–water partition coefficient (Wildman–Crippen LogP) is 1.10. The summed E-state index contributed by atoms with van der Waals surface area (Å²) < 4.78 is 0.